The Bertz CT molecular complexity index is 848. The molecule has 1 aromatic carbocycles. The number of rotatable bonds is 1. The van der Waals surface area contributed by atoms with Crippen LogP contribution in [0.1, 0.15) is 0 Å². The quantitative estimate of drug-likeness (QED) is 0.620. The first-order valence-electron chi connectivity index (χ1n) is 5.60. The summed E-state index contributed by atoms with van der Waals surface area (Å²) in [7, 11) is 0. The van der Waals surface area contributed by atoms with Gasteiger partial charge in [0.1, 0.15) is 22.6 Å². The minimum Gasteiger partial charge on any atom is -0.214 e. The molecular formula is C13H4Cl2F3N3. The van der Waals surface area contributed by atoms with Crippen LogP contribution >= 0.6 is 23.2 Å². The Balaban J connectivity index is 2.41. The number of hydrogen-bond acceptors (Lipinski definition) is 3. The highest BCUT2D eigenvalue weighted by Gasteiger charge is 2.22. The highest BCUT2D eigenvalue weighted by molar-refractivity contribution is 6.42. The standard InChI is InChI=1S/C13H4Cl2F3N3/c14-11-6-1-2-19-21-13(6)20-12(15)10(11)9-7(17)3-5(16)4-8(9)18/h1-4H. The summed E-state index contributed by atoms with van der Waals surface area (Å²) < 4.78 is 40.8. The summed E-state index contributed by atoms with van der Waals surface area (Å²) >= 11 is 12.1. The molecule has 0 atom stereocenters. The van der Waals surface area contributed by atoms with E-state index in [4.69, 9.17) is 23.2 Å². The van der Waals surface area contributed by atoms with Crippen LogP contribution in [0.25, 0.3) is 22.2 Å². The van der Waals surface area contributed by atoms with Crippen LogP contribution in [0.15, 0.2) is 24.4 Å². The highest BCUT2D eigenvalue weighted by Crippen LogP contribution is 2.40. The van der Waals surface area contributed by atoms with Crippen LogP contribution in [-0.4, -0.2) is 15.2 Å². The van der Waals surface area contributed by atoms with Gasteiger partial charge >= 0.3 is 0 Å². The molecule has 0 unspecified atom stereocenters. The Labute approximate surface area is 126 Å². The van der Waals surface area contributed by atoms with Crippen LogP contribution in [0, 0.1) is 17.5 Å². The first-order valence-corrected chi connectivity index (χ1v) is 6.36. The molecule has 21 heavy (non-hydrogen) atoms. The van der Waals surface area contributed by atoms with Crippen LogP contribution in [0.5, 0.6) is 0 Å². The van der Waals surface area contributed by atoms with Crippen molar-refractivity contribution < 1.29 is 13.2 Å². The van der Waals surface area contributed by atoms with Gasteiger partial charge in [-0.05, 0) is 6.07 Å². The summed E-state index contributed by atoms with van der Waals surface area (Å²) in [4.78, 5) is 3.90. The molecule has 0 fully saturated rings. The number of fused-ring (bicyclic) bond motifs is 1. The molecule has 0 aliphatic heterocycles. The number of hydrogen-bond donors (Lipinski definition) is 0. The number of pyridine rings is 1. The van der Waals surface area contributed by atoms with E-state index in [0.717, 1.165) is 0 Å². The van der Waals surface area contributed by atoms with Crippen LogP contribution in [0.3, 0.4) is 0 Å². The molecule has 3 nitrogen and oxygen atoms in total. The van der Waals surface area contributed by atoms with E-state index in [1.165, 1.54) is 12.3 Å². The fourth-order valence-electron chi connectivity index (χ4n) is 1.95. The van der Waals surface area contributed by atoms with Crippen molar-refractivity contribution >= 4 is 34.2 Å². The maximum atomic E-state index is 13.9. The van der Waals surface area contributed by atoms with Gasteiger partial charge in [0.05, 0.1) is 16.8 Å². The minimum absolute atomic E-state index is 0.0377. The molecule has 0 spiro atoms. The molecule has 0 amide bonds. The third kappa shape index (κ3) is 2.30. The van der Waals surface area contributed by atoms with Gasteiger partial charge in [0.25, 0.3) is 0 Å². The number of aromatic nitrogens is 3. The second kappa shape index (κ2) is 5.13. The number of benzene rings is 1. The lowest BCUT2D eigenvalue weighted by Crippen LogP contribution is -1.97. The van der Waals surface area contributed by atoms with Gasteiger partial charge in [0, 0.05) is 23.1 Å². The zero-order valence-electron chi connectivity index (χ0n) is 10.0. The van der Waals surface area contributed by atoms with Gasteiger partial charge in [-0.1, -0.05) is 23.2 Å². The van der Waals surface area contributed by atoms with Gasteiger partial charge in [-0.2, -0.15) is 5.10 Å². The van der Waals surface area contributed by atoms with Gasteiger partial charge in [-0.3, -0.25) is 0 Å². The van der Waals surface area contributed by atoms with Crippen molar-refractivity contribution in [3.05, 3.63) is 52.0 Å². The third-order valence-corrected chi connectivity index (χ3v) is 3.49. The lowest BCUT2D eigenvalue weighted by atomic mass is 10.0. The Morgan fingerprint density at radius 3 is 2.29 bits per heavy atom. The topological polar surface area (TPSA) is 38.7 Å². The Kier molecular flexibility index (Phi) is 3.43. The highest BCUT2D eigenvalue weighted by atomic mass is 35.5. The largest absolute Gasteiger partial charge is 0.214 e. The van der Waals surface area contributed by atoms with Gasteiger partial charge in [0.15, 0.2) is 5.65 Å². The van der Waals surface area contributed by atoms with E-state index < -0.39 is 23.0 Å². The van der Waals surface area contributed by atoms with E-state index in [9.17, 15) is 13.2 Å². The van der Waals surface area contributed by atoms with Crippen LogP contribution < -0.4 is 0 Å². The molecule has 0 bridgehead atoms. The molecule has 3 rings (SSSR count). The molecule has 8 heteroatoms. The average molecular weight is 330 g/mol. The van der Waals surface area contributed by atoms with Crippen LogP contribution in [-0.2, 0) is 0 Å². The third-order valence-electron chi connectivity index (χ3n) is 2.82. The van der Waals surface area contributed by atoms with Gasteiger partial charge < -0.3 is 0 Å². The van der Waals surface area contributed by atoms with Crippen molar-refractivity contribution in [3.8, 4) is 11.1 Å². The summed E-state index contributed by atoms with van der Waals surface area (Å²) in [5.41, 5.74) is -0.564. The maximum absolute atomic E-state index is 13.9. The molecule has 0 saturated carbocycles. The number of halogens is 5. The van der Waals surface area contributed by atoms with E-state index in [2.05, 4.69) is 15.2 Å². The molecule has 3 aromatic rings. The summed E-state index contributed by atoms with van der Waals surface area (Å²) in [6, 6.07) is 2.57. The van der Waals surface area contributed by atoms with Crippen molar-refractivity contribution in [2.75, 3.05) is 0 Å². The van der Waals surface area contributed by atoms with E-state index in [-0.39, 0.29) is 21.4 Å². The molecule has 0 saturated heterocycles. The van der Waals surface area contributed by atoms with Crippen molar-refractivity contribution in [1.82, 2.24) is 15.2 Å². The van der Waals surface area contributed by atoms with Crippen LogP contribution in [0.2, 0.25) is 10.2 Å². The van der Waals surface area contributed by atoms with Gasteiger partial charge in [0.2, 0.25) is 0 Å². The lowest BCUT2D eigenvalue weighted by Gasteiger charge is -2.11. The summed E-state index contributed by atoms with van der Waals surface area (Å²) in [6.45, 7) is 0. The smallest absolute Gasteiger partial charge is 0.184 e. The first-order chi connectivity index (χ1) is 9.99. The van der Waals surface area contributed by atoms with Crippen molar-refractivity contribution in [3.63, 3.8) is 0 Å². The van der Waals surface area contributed by atoms with Crippen molar-refractivity contribution in [2.45, 2.75) is 0 Å². The first kappa shape index (κ1) is 14.0. The maximum Gasteiger partial charge on any atom is 0.184 e. The predicted molar refractivity (Wildman–Crippen MR) is 72.7 cm³/mol. The summed E-state index contributed by atoms with van der Waals surface area (Å²) in [5, 5.41) is 7.37. The molecule has 0 N–H and O–H groups in total. The van der Waals surface area contributed by atoms with E-state index in [1.54, 1.807) is 0 Å². The van der Waals surface area contributed by atoms with Gasteiger partial charge in [-0.15, -0.1) is 5.10 Å². The number of nitrogens with zero attached hydrogens (tertiary/aromatic N) is 3. The van der Waals surface area contributed by atoms with Crippen molar-refractivity contribution in [2.24, 2.45) is 0 Å². The fraction of sp³-hybridized carbons (Fsp3) is 0. The molecule has 0 radical (unpaired) electrons. The Morgan fingerprint density at radius 1 is 0.952 bits per heavy atom. The Hall–Kier alpha value is -1.92. The zero-order chi connectivity index (χ0) is 15.1. The second-order valence-corrected chi connectivity index (χ2v) is 4.84. The molecule has 0 aliphatic carbocycles. The fourth-order valence-corrected chi connectivity index (χ4v) is 2.60. The molecule has 0 aliphatic rings. The van der Waals surface area contributed by atoms with Crippen molar-refractivity contribution in [1.29, 1.82) is 0 Å². The summed E-state index contributed by atoms with van der Waals surface area (Å²) in [6.07, 6.45) is 1.35. The van der Waals surface area contributed by atoms with Gasteiger partial charge in [-0.25, -0.2) is 18.2 Å². The molecule has 2 aromatic heterocycles. The van der Waals surface area contributed by atoms with E-state index in [1.807, 2.05) is 0 Å². The average Bonchev–Trinajstić information content (AvgIpc) is 2.41. The van der Waals surface area contributed by atoms with E-state index >= 15 is 0 Å². The van der Waals surface area contributed by atoms with E-state index in [0.29, 0.717) is 17.5 Å². The Morgan fingerprint density at radius 2 is 1.62 bits per heavy atom. The monoisotopic (exact) mass is 329 g/mol. The summed E-state index contributed by atoms with van der Waals surface area (Å²) in [5.74, 6) is -3.29. The minimum atomic E-state index is -1.13. The predicted octanol–water partition coefficient (Wildman–Crippen LogP) is 4.42. The molecular weight excluding hydrogens is 326 g/mol. The molecule has 106 valence electrons. The lowest BCUT2D eigenvalue weighted by molar-refractivity contribution is 0.548. The molecule has 2 heterocycles. The van der Waals surface area contributed by atoms with Crippen LogP contribution in [0.4, 0.5) is 13.2 Å². The zero-order valence-corrected chi connectivity index (χ0v) is 11.6. The second-order valence-electron chi connectivity index (χ2n) is 4.10. The SMILES string of the molecule is Fc1cc(F)c(-c2c(Cl)nc3nnccc3c2Cl)c(F)c1. The normalized spacial score (nSPS) is 11.1.